The third-order valence-electron chi connectivity index (χ3n) is 6.38. The van der Waals surface area contributed by atoms with Crippen LogP contribution in [0.25, 0.3) is 65.3 Å². The first-order valence-electron chi connectivity index (χ1n) is 15.6. The zero-order valence-corrected chi connectivity index (χ0v) is 18.0. The van der Waals surface area contributed by atoms with Crippen molar-refractivity contribution in [3.8, 4) is 22.3 Å². The Morgan fingerprint density at radius 1 is 0.441 bits per heavy atom. The lowest BCUT2D eigenvalue weighted by atomic mass is 9.87. The molecule has 0 nitrogen and oxygen atoms in total. The van der Waals surface area contributed by atoms with Crippen LogP contribution in [0.3, 0.4) is 0 Å². The van der Waals surface area contributed by atoms with Crippen LogP contribution in [0.2, 0.25) is 0 Å². The van der Waals surface area contributed by atoms with Gasteiger partial charge in [-0.05, 0) is 77.5 Å². The van der Waals surface area contributed by atoms with Crippen molar-refractivity contribution in [2.75, 3.05) is 0 Å². The maximum atomic E-state index is 8.98. The summed E-state index contributed by atoms with van der Waals surface area (Å²) in [6, 6.07) is 21.8. The number of rotatable bonds is 2. The molecule has 34 heavy (non-hydrogen) atoms. The van der Waals surface area contributed by atoms with Crippen molar-refractivity contribution < 1.29 is 12.3 Å². The molecule has 0 atom stereocenters. The number of hydrogen-bond acceptors (Lipinski definition) is 0. The van der Waals surface area contributed by atoms with Gasteiger partial charge >= 0.3 is 0 Å². The number of hydrogen-bond donors (Lipinski definition) is 0. The summed E-state index contributed by atoms with van der Waals surface area (Å²) in [5, 5.41) is 3.75. The molecule has 0 aliphatic carbocycles. The van der Waals surface area contributed by atoms with Gasteiger partial charge in [-0.15, -0.1) is 0 Å². The molecule has 7 aromatic carbocycles. The predicted molar refractivity (Wildman–Crippen MR) is 147 cm³/mol. The van der Waals surface area contributed by atoms with Gasteiger partial charge in [-0.2, -0.15) is 0 Å². The van der Waals surface area contributed by atoms with Crippen LogP contribution in [-0.2, 0) is 0 Å². The summed E-state index contributed by atoms with van der Waals surface area (Å²) < 4.78 is 77.7. The average molecular weight is 440 g/mol. The molecule has 0 spiro atoms. The molecule has 0 aliphatic heterocycles. The van der Waals surface area contributed by atoms with Crippen LogP contribution >= 0.6 is 0 Å². The maximum Gasteiger partial charge on any atom is 0.0636 e. The van der Waals surface area contributed by atoms with E-state index in [9.17, 15) is 0 Å². The van der Waals surface area contributed by atoms with Crippen molar-refractivity contribution in [3.05, 3.63) is 133 Å². The standard InChI is InChI=1S/C34H22/c1-2-10-24-21-27(20-19-23(24)9-1)28-15-7-17-32-31(28)16-8-18-33(32)34-29-13-5-3-11-25(29)22-26-12-4-6-14-30(26)34/h1-22H/i3D,4D,5D,6D,11D,12D,13D,14D,22D. The first-order chi connectivity index (χ1) is 20.6. The second-order valence-electron chi connectivity index (χ2n) is 8.27. The van der Waals surface area contributed by atoms with Crippen LogP contribution < -0.4 is 0 Å². The quantitative estimate of drug-likeness (QED) is 0.235. The fraction of sp³-hybridized carbons (Fsp3) is 0. The van der Waals surface area contributed by atoms with Gasteiger partial charge in [0.1, 0.15) is 0 Å². The van der Waals surface area contributed by atoms with Gasteiger partial charge in [0.25, 0.3) is 0 Å². The van der Waals surface area contributed by atoms with Crippen molar-refractivity contribution in [1.29, 1.82) is 0 Å². The van der Waals surface area contributed by atoms with E-state index >= 15 is 0 Å². The predicted octanol–water partition coefficient (Wildman–Crippen LogP) is 9.63. The topological polar surface area (TPSA) is 0 Å². The van der Waals surface area contributed by atoms with Gasteiger partial charge in [-0.3, -0.25) is 0 Å². The van der Waals surface area contributed by atoms with E-state index in [2.05, 4.69) is 30.3 Å². The summed E-state index contributed by atoms with van der Waals surface area (Å²) in [7, 11) is 0. The van der Waals surface area contributed by atoms with Gasteiger partial charge in [0.2, 0.25) is 0 Å². The molecule has 7 rings (SSSR count). The van der Waals surface area contributed by atoms with E-state index in [4.69, 9.17) is 12.3 Å². The molecule has 0 aromatic heterocycles. The first-order valence-corrected chi connectivity index (χ1v) is 11.1. The minimum atomic E-state index is -0.506. The maximum absolute atomic E-state index is 8.98. The van der Waals surface area contributed by atoms with Crippen molar-refractivity contribution in [3.63, 3.8) is 0 Å². The number of fused-ring (bicyclic) bond motifs is 4. The Morgan fingerprint density at radius 2 is 1.06 bits per heavy atom. The summed E-state index contributed by atoms with van der Waals surface area (Å²) >= 11 is 0. The Balaban J connectivity index is 1.69. The fourth-order valence-corrected chi connectivity index (χ4v) is 4.84. The van der Waals surface area contributed by atoms with Gasteiger partial charge in [0.15, 0.2) is 0 Å². The molecule has 0 N–H and O–H groups in total. The molecule has 0 heterocycles. The van der Waals surface area contributed by atoms with E-state index in [1.165, 1.54) is 0 Å². The van der Waals surface area contributed by atoms with E-state index < -0.39 is 36.3 Å². The van der Waals surface area contributed by atoms with Gasteiger partial charge in [0, 0.05) is 0 Å². The monoisotopic (exact) mass is 439 g/mol. The SMILES string of the molecule is [2H]c1c([2H])c([2H])c2c(-c3cccc4c(-c5ccc6ccccc6c5)cccc34)c3c([2H])c([2H])c([2H])c([2H])c3c([2H])c2c1[2H]. The van der Waals surface area contributed by atoms with Crippen LogP contribution in [0, 0.1) is 0 Å². The van der Waals surface area contributed by atoms with Gasteiger partial charge in [0.05, 0.1) is 12.3 Å². The molecule has 158 valence electrons. The highest BCUT2D eigenvalue weighted by Crippen LogP contribution is 2.41. The van der Waals surface area contributed by atoms with Gasteiger partial charge in [-0.1, -0.05) is 121 Å². The Bertz CT molecular complexity index is 2260. The molecule has 7 aromatic rings. The van der Waals surface area contributed by atoms with Crippen molar-refractivity contribution in [1.82, 2.24) is 0 Å². The summed E-state index contributed by atoms with van der Waals surface area (Å²) in [6.07, 6.45) is 0. The zero-order chi connectivity index (χ0) is 30.3. The Kier molecular flexibility index (Phi) is 2.71. The van der Waals surface area contributed by atoms with Crippen LogP contribution in [0.4, 0.5) is 0 Å². The summed E-state index contributed by atoms with van der Waals surface area (Å²) in [5.74, 6) is 0. The second kappa shape index (κ2) is 7.57. The zero-order valence-electron chi connectivity index (χ0n) is 27.0. The van der Waals surface area contributed by atoms with E-state index in [-0.39, 0.29) is 45.2 Å². The van der Waals surface area contributed by atoms with Crippen molar-refractivity contribution >= 4 is 43.1 Å². The van der Waals surface area contributed by atoms with E-state index in [1.54, 1.807) is 6.07 Å². The summed E-state index contributed by atoms with van der Waals surface area (Å²) in [4.78, 5) is 0. The fourth-order valence-electron chi connectivity index (χ4n) is 4.84. The average Bonchev–Trinajstić information content (AvgIpc) is 3.03. The van der Waals surface area contributed by atoms with E-state index in [0.29, 0.717) is 5.56 Å². The molecule has 0 bridgehead atoms. The van der Waals surface area contributed by atoms with E-state index in [1.807, 2.05) is 42.5 Å². The molecule has 0 heteroatoms. The van der Waals surface area contributed by atoms with Crippen LogP contribution in [-0.4, -0.2) is 0 Å². The smallest absolute Gasteiger partial charge is 0.0616 e. The molecule has 0 aliphatic rings. The first kappa shape index (κ1) is 12.2. The third kappa shape index (κ3) is 2.93. The molecular weight excluding hydrogens is 408 g/mol. The van der Waals surface area contributed by atoms with Crippen LogP contribution in [0.1, 0.15) is 12.3 Å². The third-order valence-corrected chi connectivity index (χ3v) is 6.38. The lowest BCUT2D eigenvalue weighted by Crippen LogP contribution is -1.89. The Hall–Kier alpha value is -4.42. The van der Waals surface area contributed by atoms with Crippen molar-refractivity contribution in [2.24, 2.45) is 0 Å². The Labute approximate surface area is 211 Å². The van der Waals surface area contributed by atoms with Crippen LogP contribution in [0.5, 0.6) is 0 Å². The molecular formula is C34H22. The second-order valence-corrected chi connectivity index (χ2v) is 8.27. The van der Waals surface area contributed by atoms with Gasteiger partial charge in [-0.25, -0.2) is 0 Å². The largest absolute Gasteiger partial charge is 0.0636 e. The molecule has 0 fully saturated rings. The lowest BCUT2D eigenvalue weighted by molar-refractivity contribution is 1.67. The highest BCUT2D eigenvalue weighted by atomic mass is 14.2. The molecule has 0 saturated heterocycles. The highest BCUT2D eigenvalue weighted by molar-refractivity contribution is 6.18. The van der Waals surface area contributed by atoms with Crippen molar-refractivity contribution in [2.45, 2.75) is 0 Å². The summed E-state index contributed by atoms with van der Waals surface area (Å²) in [6.45, 7) is 0. The highest BCUT2D eigenvalue weighted by Gasteiger charge is 2.14. The van der Waals surface area contributed by atoms with E-state index in [0.717, 1.165) is 32.7 Å². The molecule has 0 saturated carbocycles. The minimum absolute atomic E-state index is 0.0529. The van der Waals surface area contributed by atoms with Crippen LogP contribution in [0.15, 0.2) is 133 Å². The Morgan fingerprint density at radius 3 is 1.79 bits per heavy atom. The summed E-state index contributed by atoms with van der Waals surface area (Å²) in [5.41, 5.74) is 2.73. The number of benzene rings is 7. The molecule has 0 amide bonds. The van der Waals surface area contributed by atoms with Gasteiger partial charge < -0.3 is 0 Å². The minimum Gasteiger partial charge on any atom is -0.0616 e. The lowest BCUT2D eigenvalue weighted by Gasteiger charge is -2.16. The normalized spacial score (nSPS) is 15.2. The molecule has 0 unspecified atom stereocenters. The molecule has 0 radical (unpaired) electrons.